The Labute approximate surface area is 148 Å². The number of pyridine rings is 1. The van der Waals surface area contributed by atoms with E-state index in [9.17, 15) is 13.2 Å². The van der Waals surface area contributed by atoms with E-state index in [2.05, 4.69) is 19.9 Å². The van der Waals surface area contributed by atoms with Crippen molar-refractivity contribution in [2.24, 2.45) is 0 Å². The number of anilines is 1. The van der Waals surface area contributed by atoms with Gasteiger partial charge in [-0.25, -0.2) is 0 Å². The van der Waals surface area contributed by atoms with Crippen LogP contribution in [0.4, 0.5) is 18.9 Å². The molecular weight excluding hydrogens is 366 g/mol. The highest BCUT2D eigenvalue weighted by Crippen LogP contribution is 2.38. The minimum atomic E-state index is -4.73. The van der Waals surface area contributed by atoms with Crippen LogP contribution in [0.25, 0.3) is 10.9 Å². The number of aryl methyl sites for hydroxylation is 1. The summed E-state index contributed by atoms with van der Waals surface area (Å²) >= 11 is 6.40. The predicted molar refractivity (Wildman–Crippen MR) is 90.5 cm³/mol. The molecule has 2 aromatic rings. The maximum absolute atomic E-state index is 12.5. The van der Waals surface area contributed by atoms with Crippen LogP contribution in [0.15, 0.2) is 18.2 Å². The van der Waals surface area contributed by atoms with E-state index in [1.54, 1.807) is 6.92 Å². The first-order valence-electron chi connectivity index (χ1n) is 7.16. The topological polar surface area (TPSA) is 37.4 Å². The number of alkyl halides is 3. The number of benzene rings is 1. The van der Waals surface area contributed by atoms with Gasteiger partial charge in [0.05, 0.1) is 21.9 Å². The summed E-state index contributed by atoms with van der Waals surface area (Å²) in [6.07, 6.45) is -4.73. The molecule has 1 aliphatic heterocycles. The van der Waals surface area contributed by atoms with Crippen molar-refractivity contribution in [2.45, 2.75) is 13.3 Å². The summed E-state index contributed by atoms with van der Waals surface area (Å²) in [5, 5.41) is 4.26. The molecule has 0 saturated carbocycles. The maximum Gasteiger partial charge on any atom is 0.573 e. The van der Waals surface area contributed by atoms with E-state index >= 15 is 0 Å². The van der Waals surface area contributed by atoms with Crippen LogP contribution in [0, 0.1) is 6.92 Å². The van der Waals surface area contributed by atoms with Gasteiger partial charge in [-0.3, -0.25) is 4.98 Å². The molecule has 132 valence electrons. The number of ether oxygens (including phenoxy) is 1. The van der Waals surface area contributed by atoms with E-state index in [0.717, 1.165) is 26.2 Å². The SMILES string of the molecule is Cc1nc2ccc(OC(F)(F)F)cc2c(N2CCNCC2)c1Cl.Cl. The third kappa shape index (κ3) is 3.96. The zero-order valence-corrected chi connectivity index (χ0v) is 14.4. The predicted octanol–water partition coefficient (Wildman–Crippen LogP) is 3.93. The summed E-state index contributed by atoms with van der Waals surface area (Å²) in [7, 11) is 0. The highest BCUT2D eigenvalue weighted by Gasteiger charge is 2.31. The molecule has 24 heavy (non-hydrogen) atoms. The van der Waals surface area contributed by atoms with E-state index in [1.807, 2.05) is 0 Å². The van der Waals surface area contributed by atoms with Crippen molar-refractivity contribution in [2.75, 3.05) is 31.1 Å². The second kappa shape index (κ2) is 7.21. The zero-order valence-electron chi connectivity index (χ0n) is 12.8. The Morgan fingerprint density at radius 2 is 1.92 bits per heavy atom. The second-order valence-electron chi connectivity index (χ2n) is 5.32. The van der Waals surface area contributed by atoms with Crippen molar-refractivity contribution in [3.05, 3.63) is 28.9 Å². The Morgan fingerprint density at radius 3 is 2.54 bits per heavy atom. The minimum absolute atomic E-state index is 0. The van der Waals surface area contributed by atoms with Crippen LogP contribution in [0.2, 0.25) is 5.02 Å². The molecule has 0 unspecified atom stereocenters. The molecule has 1 saturated heterocycles. The number of hydrogen-bond donors (Lipinski definition) is 1. The number of aromatic nitrogens is 1. The van der Waals surface area contributed by atoms with Crippen molar-refractivity contribution in [1.29, 1.82) is 0 Å². The summed E-state index contributed by atoms with van der Waals surface area (Å²) in [6, 6.07) is 4.13. The van der Waals surface area contributed by atoms with Crippen molar-refractivity contribution >= 4 is 40.6 Å². The molecule has 1 aliphatic rings. The highest BCUT2D eigenvalue weighted by molar-refractivity contribution is 6.35. The summed E-state index contributed by atoms with van der Waals surface area (Å²) in [6.45, 7) is 4.81. The second-order valence-corrected chi connectivity index (χ2v) is 5.70. The van der Waals surface area contributed by atoms with E-state index in [-0.39, 0.29) is 18.2 Å². The largest absolute Gasteiger partial charge is 0.573 e. The number of halogens is 5. The average Bonchev–Trinajstić information content (AvgIpc) is 2.48. The van der Waals surface area contributed by atoms with Crippen molar-refractivity contribution in [3.63, 3.8) is 0 Å². The lowest BCUT2D eigenvalue weighted by Gasteiger charge is -2.31. The van der Waals surface area contributed by atoms with Crippen LogP contribution < -0.4 is 15.0 Å². The van der Waals surface area contributed by atoms with Gasteiger partial charge in [-0.2, -0.15) is 0 Å². The molecule has 1 aromatic heterocycles. The van der Waals surface area contributed by atoms with Gasteiger partial charge in [0, 0.05) is 31.6 Å². The van der Waals surface area contributed by atoms with Gasteiger partial charge in [0.15, 0.2) is 0 Å². The number of hydrogen-bond acceptors (Lipinski definition) is 4. The third-order valence-electron chi connectivity index (χ3n) is 3.70. The van der Waals surface area contributed by atoms with Crippen LogP contribution in [0.1, 0.15) is 5.69 Å². The summed E-state index contributed by atoms with van der Waals surface area (Å²) < 4.78 is 41.4. The zero-order chi connectivity index (χ0) is 16.6. The number of nitrogens with zero attached hydrogens (tertiary/aromatic N) is 2. The van der Waals surface area contributed by atoms with Crippen LogP contribution >= 0.6 is 24.0 Å². The Kier molecular flexibility index (Phi) is 5.67. The summed E-state index contributed by atoms with van der Waals surface area (Å²) in [5.41, 5.74) is 1.95. The van der Waals surface area contributed by atoms with Gasteiger partial charge in [0.25, 0.3) is 0 Å². The first kappa shape index (κ1) is 18.9. The monoisotopic (exact) mass is 381 g/mol. The minimum Gasteiger partial charge on any atom is -0.406 e. The lowest BCUT2D eigenvalue weighted by atomic mass is 10.1. The fraction of sp³-hybridized carbons (Fsp3) is 0.400. The Bertz CT molecular complexity index is 734. The molecule has 0 aliphatic carbocycles. The van der Waals surface area contributed by atoms with E-state index < -0.39 is 6.36 Å². The molecule has 0 atom stereocenters. The maximum atomic E-state index is 12.5. The number of nitrogens with one attached hydrogen (secondary N) is 1. The van der Waals surface area contributed by atoms with Gasteiger partial charge in [0.2, 0.25) is 0 Å². The standard InChI is InChI=1S/C15H15ClF3N3O.ClH/c1-9-13(16)14(22-6-4-20-5-7-22)11-8-10(23-15(17,18)19)2-3-12(11)21-9;/h2-3,8,20H,4-7H2,1H3;1H. The Balaban J connectivity index is 0.00000208. The Morgan fingerprint density at radius 1 is 1.25 bits per heavy atom. The van der Waals surface area contributed by atoms with Gasteiger partial charge in [-0.1, -0.05) is 11.6 Å². The summed E-state index contributed by atoms with van der Waals surface area (Å²) in [4.78, 5) is 6.42. The van der Waals surface area contributed by atoms with Gasteiger partial charge < -0.3 is 15.0 Å². The van der Waals surface area contributed by atoms with Crippen molar-refractivity contribution in [3.8, 4) is 5.75 Å². The molecule has 1 N–H and O–H groups in total. The molecule has 0 spiro atoms. The smallest absolute Gasteiger partial charge is 0.406 e. The molecular formula is C15H16Cl2F3N3O. The lowest BCUT2D eigenvalue weighted by Crippen LogP contribution is -2.43. The molecule has 1 aromatic carbocycles. The molecule has 0 radical (unpaired) electrons. The average molecular weight is 382 g/mol. The highest BCUT2D eigenvalue weighted by atomic mass is 35.5. The molecule has 1 fully saturated rings. The van der Waals surface area contributed by atoms with Crippen molar-refractivity contribution in [1.82, 2.24) is 10.3 Å². The molecule has 0 amide bonds. The van der Waals surface area contributed by atoms with Crippen molar-refractivity contribution < 1.29 is 17.9 Å². The van der Waals surface area contributed by atoms with Crippen LogP contribution in [-0.4, -0.2) is 37.5 Å². The van der Waals surface area contributed by atoms with E-state index in [4.69, 9.17) is 11.6 Å². The fourth-order valence-electron chi connectivity index (χ4n) is 2.72. The quantitative estimate of drug-likeness (QED) is 0.854. The number of piperazine rings is 1. The summed E-state index contributed by atoms with van der Waals surface area (Å²) in [5.74, 6) is -0.275. The number of rotatable bonds is 2. The molecule has 3 rings (SSSR count). The lowest BCUT2D eigenvalue weighted by molar-refractivity contribution is -0.274. The normalized spacial score (nSPS) is 15.3. The van der Waals surface area contributed by atoms with Crippen LogP contribution in [0.3, 0.4) is 0 Å². The first-order valence-corrected chi connectivity index (χ1v) is 7.54. The number of fused-ring (bicyclic) bond motifs is 1. The van der Waals surface area contributed by atoms with Crippen LogP contribution in [0.5, 0.6) is 5.75 Å². The van der Waals surface area contributed by atoms with E-state index in [1.165, 1.54) is 18.2 Å². The van der Waals surface area contributed by atoms with Gasteiger partial charge >= 0.3 is 6.36 Å². The van der Waals surface area contributed by atoms with Gasteiger partial charge in [-0.05, 0) is 25.1 Å². The third-order valence-corrected chi connectivity index (χ3v) is 4.16. The van der Waals surface area contributed by atoms with Gasteiger partial charge in [0.1, 0.15) is 5.75 Å². The van der Waals surface area contributed by atoms with E-state index in [0.29, 0.717) is 27.3 Å². The molecule has 0 bridgehead atoms. The first-order chi connectivity index (χ1) is 10.8. The van der Waals surface area contributed by atoms with Gasteiger partial charge in [-0.15, -0.1) is 25.6 Å². The molecule has 9 heteroatoms. The fourth-order valence-corrected chi connectivity index (χ4v) is 2.98. The van der Waals surface area contributed by atoms with Crippen LogP contribution in [-0.2, 0) is 0 Å². The molecule has 2 heterocycles. The Hall–Kier alpha value is -1.44. The molecule has 4 nitrogen and oxygen atoms in total.